The molecule has 0 aromatic rings. The fourth-order valence-electron chi connectivity index (χ4n) is 2.91. The highest BCUT2D eigenvalue weighted by Gasteiger charge is 2.29. The number of nitrogens with zero attached hydrogens (tertiary/aromatic N) is 1. The maximum atomic E-state index is 12.0. The maximum Gasteiger partial charge on any atom is 0.221 e. The molecule has 1 saturated heterocycles. The van der Waals surface area contributed by atoms with Crippen molar-refractivity contribution in [3.05, 3.63) is 0 Å². The first-order valence-corrected chi connectivity index (χ1v) is 7.80. The first kappa shape index (κ1) is 14.8. The second kappa shape index (κ2) is 6.71. The first-order valence-electron chi connectivity index (χ1n) is 7.80. The van der Waals surface area contributed by atoms with Gasteiger partial charge in [-0.3, -0.25) is 9.69 Å². The molecule has 2 aliphatic rings. The molecule has 4 heteroatoms. The summed E-state index contributed by atoms with van der Waals surface area (Å²) in [5, 5.41) is 6.56. The molecule has 3 atom stereocenters. The van der Waals surface area contributed by atoms with Crippen molar-refractivity contribution < 1.29 is 4.79 Å². The highest BCUT2D eigenvalue weighted by atomic mass is 16.1. The summed E-state index contributed by atoms with van der Waals surface area (Å²) in [6.45, 7) is 6.27. The third-order valence-corrected chi connectivity index (χ3v) is 4.75. The van der Waals surface area contributed by atoms with Crippen LogP contribution >= 0.6 is 0 Å². The summed E-state index contributed by atoms with van der Waals surface area (Å²) in [5.74, 6) is 0.813. The van der Waals surface area contributed by atoms with Gasteiger partial charge in [0.2, 0.25) is 5.91 Å². The van der Waals surface area contributed by atoms with Crippen molar-refractivity contribution in [3.8, 4) is 0 Å². The molecular weight excluding hydrogens is 238 g/mol. The standard InChI is InChI=1S/C15H29N3O/c1-11-5-4-8-16-14(11)9-15(19)17-10-12(2)18(3)13-6-7-13/h11-14,16H,4-10H2,1-3H3,(H,17,19). The average molecular weight is 267 g/mol. The molecular formula is C15H29N3O. The Balaban J connectivity index is 1.65. The van der Waals surface area contributed by atoms with Crippen molar-refractivity contribution in [1.29, 1.82) is 0 Å². The van der Waals surface area contributed by atoms with Gasteiger partial charge in [-0.05, 0) is 52.1 Å². The number of nitrogens with one attached hydrogen (secondary N) is 2. The lowest BCUT2D eigenvalue weighted by Crippen LogP contribution is -2.46. The zero-order valence-electron chi connectivity index (χ0n) is 12.6. The van der Waals surface area contributed by atoms with Crippen LogP contribution in [-0.2, 0) is 4.79 Å². The van der Waals surface area contributed by atoms with E-state index in [9.17, 15) is 4.79 Å². The highest BCUT2D eigenvalue weighted by molar-refractivity contribution is 5.76. The molecule has 3 unspecified atom stereocenters. The molecule has 0 aromatic heterocycles. The molecule has 4 nitrogen and oxygen atoms in total. The average Bonchev–Trinajstić information content (AvgIpc) is 3.22. The van der Waals surface area contributed by atoms with Crippen LogP contribution in [0.25, 0.3) is 0 Å². The molecule has 1 amide bonds. The van der Waals surface area contributed by atoms with Gasteiger partial charge in [0.1, 0.15) is 0 Å². The third-order valence-electron chi connectivity index (χ3n) is 4.75. The molecule has 0 bridgehead atoms. The largest absolute Gasteiger partial charge is 0.354 e. The summed E-state index contributed by atoms with van der Waals surface area (Å²) >= 11 is 0. The third kappa shape index (κ3) is 4.46. The summed E-state index contributed by atoms with van der Waals surface area (Å²) in [6.07, 6.45) is 5.74. The summed E-state index contributed by atoms with van der Waals surface area (Å²) in [6, 6.07) is 1.56. The Morgan fingerprint density at radius 1 is 1.42 bits per heavy atom. The van der Waals surface area contributed by atoms with E-state index >= 15 is 0 Å². The Hall–Kier alpha value is -0.610. The molecule has 0 aromatic carbocycles. The summed E-state index contributed by atoms with van der Waals surface area (Å²) in [5.41, 5.74) is 0. The van der Waals surface area contributed by atoms with Crippen molar-refractivity contribution in [2.24, 2.45) is 5.92 Å². The zero-order chi connectivity index (χ0) is 13.8. The molecule has 0 radical (unpaired) electrons. The minimum absolute atomic E-state index is 0.197. The van der Waals surface area contributed by atoms with Gasteiger partial charge in [-0.2, -0.15) is 0 Å². The zero-order valence-corrected chi connectivity index (χ0v) is 12.6. The van der Waals surface area contributed by atoms with E-state index in [0.717, 1.165) is 19.1 Å². The van der Waals surface area contributed by atoms with Gasteiger partial charge in [0.05, 0.1) is 0 Å². The van der Waals surface area contributed by atoms with E-state index in [-0.39, 0.29) is 5.91 Å². The molecule has 1 heterocycles. The molecule has 110 valence electrons. The van der Waals surface area contributed by atoms with Crippen LogP contribution in [0.15, 0.2) is 0 Å². The van der Waals surface area contributed by atoms with Crippen LogP contribution in [0.5, 0.6) is 0 Å². The number of rotatable bonds is 6. The quantitative estimate of drug-likeness (QED) is 0.764. The van der Waals surface area contributed by atoms with Crippen LogP contribution in [0.4, 0.5) is 0 Å². The topological polar surface area (TPSA) is 44.4 Å². The number of hydrogen-bond donors (Lipinski definition) is 2. The SMILES string of the molecule is CC1CCCNC1CC(=O)NCC(C)N(C)C1CC1. The number of amides is 1. The fraction of sp³-hybridized carbons (Fsp3) is 0.933. The van der Waals surface area contributed by atoms with Crippen molar-refractivity contribution in [2.45, 2.75) is 64.1 Å². The smallest absolute Gasteiger partial charge is 0.221 e. The van der Waals surface area contributed by atoms with E-state index in [4.69, 9.17) is 0 Å². The number of hydrogen-bond acceptors (Lipinski definition) is 3. The first-order chi connectivity index (χ1) is 9.08. The second-order valence-electron chi connectivity index (χ2n) is 6.43. The normalized spacial score (nSPS) is 29.3. The Bertz CT molecular complexity index is 304. The van der Waals surface area contributed by atoms with Crippen LogP contribution in [-0.4, -0.2) is 49.1 Å². The lowest BCUT2D eigenvalue weighted by molar-refractivity contribution is -0.122. The summed E-state index contributed by atoms with van der Waals surface area (Å²) < 4.78 is 0. The lowest BCUT2D eigenvalue weighted by atomic mass is 9.90. The van der Waals surface area contributed by atoms with Crippen LogP contribution in [0.3, 0.4) is 0 Å². The van der Waals surface area contributed by atoms with E-state index in [1.54, 1.807) is 0 Å². The summed E-state index contributed by atoms with van der Waals surface area (Å²) in [7, 11) is 2.17. The van der Waals surface area contributed by atoms with Crippen molar-refractivity contribution in [2.75, 3.05) is 20.1 Å². The maximum absolute atomic E-state index is 12.0. The Morgan fingerprint density at radius 3 is 2.79 bits per heavy atom. The molecule has 2 N–H and O–H groups in total. The molecule has 19 heavy (non-hydrogen) atoms. The Kier molecular flexibility index (Phi) is 5.22. The second-order valence-corrected chi connectivity index (χ2v) is 6.43. The molecule has 2 rings (SSSR count). The van der Waals surface area contributed by atoms with Gasteiger partial charge >= 0.3 is 0 Å². The Morgan fingerprint density at radius 2 is 2.16 bits per heavy atom. The van der Waals surface area contributed by atoms with E-state index < -0.39 is 0 Å². The van der Waals surface area contributed by atoms with E-state index in [1.807, 2.05) is 0 Å². The van der Waals surface area contributed by atoms with E-state index in [2.05, 4.69) is 36.4 Å². The number of carbonyl (C=O) groups is 1. The van der Waals surface area contributed by atoms with Gasteiger partial charge < -0.3 is 10.6 Å². The van der Waals surface area contributed by atoms with Crippen LogP contribution in [0, 0.1) is 5.92 Å². The van der Waals surface area contributed by atoms with Gasteiger partial charge in [0.15, 0.2) is 0 Å². The van der Waals surface area contributed by atoms with Gasteiger partial charge in [-0.25, -0.2) is 0 Å². The molecule has 2 fully saturated rings. The van der Waals surface area contributed by atoms with Crippen molar-refractivity contribution in [3.63, 3.8) is 0 Å². The predicted octanol–water partition coefficient (Wildman–Crippen LogP) is 1.36. The van der Waals surface area contributed by atoms with Crippen LogP contribution < -0.4 is 10.6 Å². The fourth-order valence-corrected chi connectivity index (χ4v) is 2.91. The number of piperidine rings is 1. The number of likely N-dealkylation sites (N-methyl/N-ethyl adjacent to an activating group) is 1. The lowest BCUT2D eigenvalue weighted by Gasteiger charge is -2.30. The number of carbonyl (C=O) groups excluding carboxylic acids is 1. The van der Waals surface area contributed by atoms with Crippen LogP contribution in [0.1, 0.15) is 46.0 Å². The van der Waals surface area contributed by atoms with Crippen molar-refractivity contribution >= 4 is 5.91 Å². The minimum Gasteiger partial charge on any atom is -0.354 e. The van der Waals surface area contributed by atoms with Crippen LogP contribution in [0.2, 0.25) is 0 Å². The van der Waals surface area contributed by atoms with Gasteiger partial charge in [-0.15, -0.1) is 0 Å². The highest BCUT2D eigenvalue weighted by Crippen LogP contribution is 2.26. The molecule has 0 spiro atoms. The van der Waals surface area contributed by atoms with E-state index in [0.29, 0.717) is 24.4 Å². The summed E-state index contributed by atoms with van der Waals surface area (Å²) in [4.78, 5) is 14.4. The molecule has 1 aliphatic heterocycles. The van der Waals surface area contributed by atoms with E-state index in [1.165, 1.54) is 25.7 Å². The minimum atomic E-state index is 0.197. The Labute approximate surface area is 117 Å². The van der Waals surface area contributed by atoms with Gasteiger partial charge in [0, 0.05) is 31.1 Å². The predicted molar refractivity (Wildman–Crippen MR) is 78.1 cm³/mol. The van der Waals surface area contributed by atoms with Gasteiger partial charge in [0.25, 0.3) is 0 Å². The van der Waals surface area contributed by atoms with Gasteiger partial charge in [-0.1, -0.05) is 6.92 Å². The van der Waals surface area contributed by atoms with Crippen molar-refractivity contribution in [1.82, 2.24) is 15.5 Å². The molecule has 1 aliphatic carbocycles. The monoisotopic (exact) mass is 267 g/mol. The molecule has 1 saturated carbocycles.